The molecule has 0 aromatic heterocycles. The Hall–Kier alpha value is -6.32. The summed E-state index contributed by atoms with van der Waals surface area (Å²) in [5.41, 5.74) is 17.3. The van der Waals surface area contributed by atoms with Gasteiger partial charge in [0, 0.05) is 35.0 Å². The smallest absolute Gasteiger partial charge is 0.195 e. The Morgan fingerprint density at radius 2 is 0.583 bits per heavy atom. The second-order valence-corrected chi connectivity index (χ2v) is 17.3. The van der Waals surface area contributed by atoms with E-state index in [0.29, 0.717) is 23.7 Å². The summed E-state index contributed by atoms with van der Waals surface area (Å²) in [6.07, 6.45) is 5.75. The molecule has 0 saturated heterocycles. The van der Waals surface area contributed by atoms with Crippen LogP contribution < -0.4 is 14.7 Å². The summed E-state index contributed by atoms with van der Waals surface area (Å²) >= 11 is 0. The van der Waals surface area contributed by atoms with Gasteiger partial charge in [-0.1, -0.05) is 189 Å². The van der Waals surface area contributed by atoms with Gasteiger partial charge >= 0.3 is 0 Å². The quantitative estimate of drug-likeness (QED) is 0.122. The summed E-state index contributed by atoms with van der Waals surface area (Å²) in [5.74, 6) is 1.42. The van der Waals surface area contributed by atoms with Gasteiger partial charge in [-0.3, -0.25) is 0 Å². The molecule has 0 N–H and O–H groups in total. The topological polar surface area (TPSA) is 9.72 Å². The van der Waals surface area contributed by atoms with Gasteiger partial charge in [-0.15, -0.1) is 0 Å². The van der Waals surface area contributed by atoms with Crippen LogP contribution in [0, 0.1) is 6.17 Å². The molecule has 301 valence electrons. The first-order valence-corrected chi connectivity index (χ1v) is 21.7. The lowest BCUT2D eigenvalue weighted by atomic mass is 9.90. The molecule has 0 aliphatic carbocycles. The maximum absolute atomic E-state index is 2.48. The Morgan fingerprint density at radius 3 is 0.883 bits per heavy atom. The number of rotatable bonds is 12. The highest BCUT2D eigenvalue weighted by molar-refractivity contribution is 5.82. The Balaban J connectivity index is 1.26. The number of para-hydroxylation sites is 2. The molecule has 1 aliphatic rings. The molecular formula is C57H58N3. The second kappa shape index (κ2) is 17.5. The summed E-state index contributed by atoms with van der Waals surface area (Å²) < 4.78 is 0. The van der Waals surface area contributed by atoms with Crippen molar-refractivity contribution in [1.29, 1.82) is 0 Å². The second-order valence-electron chi connectivity index (χ2n) is 17.3. The zero-order chi connectivity index (χ0) is 41.9. The molecule has 7 aromatic rings. The lowest BCUT2D eigenvalue weighted by Crippen LogP contribution is -2.34. The lowest BCUT2D eigenvalue weighted by Gasteiger charge is -2.37. The monoisotopic (exact) mass is 784 g/mol. The van der Waals surface area contributed by atoms with Crippen molar-refractivity contribution >= 4 is 28.4 Å². The van der Waals surface area contributed by atoms with Crippen LogP contribution in [0.1, 0.15) is 107 Å². The van der Waals surface area contributed by atoms with Gasteiger partial charge in [-0.05, 0) is 105 Å². The van der Waals surface area contributed by atoms with E-state index in [2.05, 4.69) is 252 Å². The van der Waals surface area contributed by atoms with Crippen LogP contribution in [-0.2, 0) is 0 Å². The first kappa shape index (κ1) is 40.5. The minimum Gasteiger partial charge on any atom is -0.314 e. The standard InChI is InChI=1S/C57H58N3/c1-39(2)51-21-15-22-52(40(3)4)55(51)58-37-38-59(56-53(41(5)6)23-16-24-54(56)42(7)8)57(58)47-29-35-50(36-30-47)60(48-31-25-45(26-32-48)43-17-11-9-12-18-43)49-33-27-46(28-34-49)44-19-13-10-14-20-44/h9-42H,1-8H3. The molecule has 0 spiro atoms. The average molecular weight is 785 g/mol. The van der Waals surface area contributed by atoms with Gasteiger partial charge < -0.3 is 14.7 Å². The molecule has 0 saturated carbocycles. The van der Waals surface area contributed by atoms with Crippen LogP contribution in [0.4, 0.5) is 28.4 Å². The highest BCUT2D eigenvalue weighted by Crippen LogP contribution is 2.48. The molecule has 1 aliphatic heterocycles. The molecule has 60 heavy (non-hydrogen) atoms. The minimum absolute atomic E-state index is 0.356. The fourth-order valence-electron chi connectivity index (χ4n) is 8.68. The van der Waals surface area contributed by atoms with Crippen LogP contribution >= 0.6 is 0 Å². The van der Waals surface area contributed by atoms with Crippen molar-refractivity contribution in [2.45, 2.75) is 79.1 Å². The SMILES string of the molecule is CC(C)c1cccc(C(C)C)c1N1C=CN(c2c(C(C)C)cccc2C(C)C)[C]1c1ccc(N(c2ccc(-c3ccccc3)cc2)c2ccc(-c3ccccc3)cc2)cc1. The minimum atomic E-state index is 0.356. The van der Waals surface area contributed by atoms with E-state index in [1.807, 2.05) is 0 Å². The van der Waals surface area contributed by atoms with E-state index in [0.717, 1.165) is 28.8 Å². The van der Waals surface area contributed by atoms with Crippen LogP contribution in [0.5, 0.6) is 0 Å². The molecule has 1 heterocycles. The molecule has 1 radical (unpaired) electrons. The highest BCUT2D eigenvalue weighted by Gasteiger charge is 2.37. The van der Waals surface area contributed by atoms with E-state index in [-0.39, 0.29) is 0 Å². The number of benzene rings is 7. The lowest BCUT2D eigenvalue weighted by molar-refractivity contribution is 0.804. The Labute approximate surface area is 359 Å². The third kappa shape index (κ3) is 8.02. The van der Waals surface area contributed by atoms with E-state index in [9.17, 15) is 0 Å². The zero-order valence-corrected chi connectivity index (χ0v) is 36.5. The average Bonchev–Trinajstić information content (AvgIpc) is 3.71. The van der Waals surface area contributed by atoms with Gasteiger partial charge in [0.05, 0.1) is 11.4 Å². The third-order valence-electron chi connectivity index (χ3n) is 11.8. The van der Waals surface area contributed by atoms with Crippen molar-refractivity contribution in [3.05, 3.63) is 216 Å². The first-order chi connectivity index (χ1) is 29.1. The maximum Gasteiger partial charge on any atom is 0.195 e. The molecule has 0 bridgehead atoms. The number of hydrogen-bond acceptors (Lipinski definition) is 3. The van der Waals surface area contributed by atoms with Crippen molar-refractivity contribution in [1.82, 2.24) is 0 Å². The van der Waals surface area contributed by atoms with Crippen molar-refractivity contribution in [3.8, 4) is 22.3 Å². The molecule has 0 fully saturated rings. The summed E-state index contributed by atoms with van der Waals surface area (Å²) in [4.78, 5) is 7.32. The van der Waals surface area contributed by atoms with Crippen molar-refractivity contribution < 1.29 is 0 Å². The van der Waals surface area contributed by atoms with Gasteiger partial charge in [-0.2, -0.15) is 0 Å². The maximum atomic E-state index is 2.48. The first-order valence-electron chi connectivity index (χ1n) is 21.7. The van der Waals surface area contributed by atoms with Gasteiger partial charge in [0.15, 0.2) is 6.17 Å². The number of anilines is 5. The highest BCUT2D eigenvalue weighted by atomic mass is 15.4. The van der Waals surface area contributed by atoms with Crippen LogP contribution in [0.2, 0.25) is 0 Å². The molecule has 0 unspecified atom stereocenters. The van der Waals surface area contributed by atoms with E-state index in [4.69, 9.17) is 0 Å². The van der Waals surface area contributed by atoms with Crippen molar-refractivity contribution in [3.63, 3.8) is 0 Å². The molecule has 8 rings (SSSR count). The largest absolute Gasteiger partial charge is 0.314 e. The third-order valence-corrected chi connectivity index (χ3v) is 11.8. The van der Waals surface area contributed by atoms with E-state index < -0.39 is 0 Å². The Morgan fingerprint density at radius 1 is 0.300 bits per heavy atom. The van der Waals surface area contributed by atoms with Crippen LogP contribution in [0.15, 0.2) is 182 Å². The Bertz CT molecular complexity index is 2320. The van der Waals surface area contributed by atoms with Gasteiger partial charge in [0.1, 0.15) is 0 Å². The van der Waals surface area contributed by atoms with E-state index in [1.54, 1.807) is 0 Å². The van der Waals surface area contributed by atoms with Crippen molar-refractivity contribution in [2.24, 2.45) is 0 Å². The van der Waals surface area contributed by atoms with Gasteiger partial charge in [0.2, 0.25) is 0 Å². The van der Waals surface area contributed by atoms with Gasteiger partial charge in [0.25, 0.3) is 0 Å². The van der Waals surface area contributed by atoms with Crippen molar-refractivity contribution in [2.75, 3.05) is 14.7 Å². The van der Waals surface area contributed by atoms with Crippen LogP contribution in [0.25, 0.3) is 22.3 Å². The van der Waals surface area contributed by atoms with E-state index >= 15 is 0 Å². The molecular weight excluding hydrogens is 727 g/mol. The van der Waals surface area contributed by atoms with E-state index in [1.165, 1.54) is 55.9 Å². The summed E-state index contributed by atoms with van der Waals surface area (Å²) in [6, 6.07) is 62.1. The normalized spacial score (nSPS) is 13.1. The number of nitrogens with zero attached hydrogens (tertiary/aromatic N) is 3. The predicted octanol–water partition coefficient (Wildman–Crippen LogP) is 16.3. The van der Waals surface area contributed by atoms with Crippen LogP contribution in [0.3, 0.4) is 0 Å². The zero-order valence-electron chi connectivity index (χ0n) is 36.5. The van der Waals surface area contributed by atoms with Gasteiger partial charge in [-0.25, -0.2) is 0 Å². The summed E-state index contributed by atoms with van der Waals surface area (Å²) in [5, 5.41) is 0. The van der Waals surface area contributed by atoms with Crippen LogP contribution in [-0.4, -0.2) is 0 Å². The Kier molecular flexibility index (Phi) is 11.8. The molecule has 3 heteroatoms. The molecule has 0 atom stereocenters. The summed E-state index contributed by atoms with van der Waals surface area (Å²) in [7, 11) is 0. The fourth-order valence-corrected chi connectivity index (χ4v) is 8.68. The molecule has 7 aromatic carbocycles. The molecule has 0 amide bonds. The fraction of sp³-hybridized carbons (Fsp3) is 0.211. The number of hydrogen-bond donors (Lipinski definition) is 0. The summed E-state index contributed by atoms with van der Waals surface area (Å²) in [6.45, 7) is 18.5. The molecule has 3 nitrogen and oxygen atoms in total. The predicted molar refractivity (Wildman–Crippen MR) is 258 cm³/mol.